The van der Waals surface area contributed by atoms with Gasteiger partial charge in [-0.2, -0.15) is 0 Å². The molecule has 0 spiro atoms. The Labute approximate surface area is 157 Å². The molecule has 6 heteroatoms. The summed E-state index contributed by atoms with van der Waals surface area (Å²) in [6, 6.07) is 0. The average molecular weight is 379 g/mol. The minimum absolute atomic E-state index is 0.493. The van der Waals surface area contributed by atoms with Crippen LogP contribution in [0.25, 0.3) is 0 Å². The van der Waals surface area contributed by atoms with Gasteiger partial charge < -0.3 is 9.64 Å². The summed E-state index contributed by atoms with van der Waals surface area (Å²) in [5.41, 5.74) is 1.61. The quantitative estimate of drug-likeness (QED) is 0.587. The molecule has 0 aliphatic carbocycles. The molecule has 0 aromatic carbocycles. The number of methoxy groups -OCH3 is 1. The molecule has 2 aliphatic heterocycles. The summed E-state index contributed by atoms with van der Waals surface area (Å²) in [7, 11) is 3.49. The average Bonchev–Trinajstić information content (AvgIpc) is 2.92. The molecule has 2 rings (SSSR count). The SMILES string of the molecule is CCC[C@@H](CC)CCN1CCC2=C(C1)N(C)CS2.COCC(C)(F)F. The van der Waals surface area contributed by atoms with Crippen LogP contribution in [0.5, 0.6) is 0 Å². The minimum atomic E-state index is -2.67. The van der Waals surface area contributed by atoms with Gasteiger partial charge in [0.1, 0.15) is 6.61 Å². The van der Waals surface area contributed by atoms with Gasteiger partial charge in [-0.3, -0.25) is 4.90 Å². The van der Waals surface area contributed by atoms with E-state index in [1.807, 2.05) is 0 Å². The Morgan fingerprint density at radius 3 is 2.52 bits per heavy atom. The first kappa shape index (κ1) is 22.7. The molecule has 0 aromatic rings. The molecule has 0 amide bonds. The number of thioether (sulfide) groups is 1. The normalized spacial score (nSPS) is 19.6. The second-order valence-electron chi connectivity index (χ2n) is 7.22. The molecular formula is C19H36F2N2OS. The fourth-order valence-corrected chi connectivity index (χ4v) is 4.42. The van der Waals surface area contributed by atoms with Gasteiger partial charge in [-0.15, -0.1) is 11.8 Å². The highest BCUT2D eigenvalue weighted by molar-refractivity contribution is 8.03. The first-order valence-corrected chi connectivity index (χ1v) is 10.4. The van der Waals surface area contributed by atoms with Gasteiger partial charge in [-0.05, 0) is 25.3 Å². The van der Waals surface area contributed by atoms with Gasteiger partial charge in [0.25, 0.3) is 5.92 Å². The van der Waals surface area contributed by atoms with Crippen LogP contribution in [0.1, 0.15) is 52.9 Å². The Hall–Kier alpha value is -0.330. The minimum Gasteiger partial charge on any atom is -0.378 e. The number of likely N-dealkylation sites (N-methyl/N-ethyl adjacent to an activating group) is 1. The molecule has 0 N–H and O–H groups in total. The molecule has 25 heavy (non-hydrogen) atoms. The zero-order chi connectivity index (χ0) is 18.9. The van der Waals surface area contributed by atoms with Crippen LogP contribution < -0.4 is 0 Å². The molecule has 0 radical (unpaired) electrons. The van der Waals surface area contributed by atoms with Crippen LogP contribution in [-0.4, -0.2) is 62.0 Å². The Kier molecular flexibility index (Phi) is 10.4. The van der Waals surface area contributed by atoms with Gasteiger partial charge in [0.15, 0.2) is 0 Å². The second-order valence-corrected chi connectivity index (χ2v) is 8.26. The number of nitrogens with zero attached hydrogens (tertiary/aromatic N) is 2. The second kappa shape index (κ2) is 11.4. The van der Waals surface area contributed by atoms with Crippen LogP contribution in [0, 0.1) is 5.92 Å². The van der Waals surface area contributed by atoms with E-state index in [-0.39, 0.29) is 0 Å². The van der Waals surface area contributed by atoms with E-state index in [1.54, 1.807) is 10.6 Å². The van der Waals surface area contributed by atoms with Crippen molar-refractivity contribution in [2.45, 2.75) is 58.8 Å². The third-order valence-electron chi connectivity index (χ3n) is 4.77. The van der Waals surface area contributed by atoms with Crippen molar-refractivity contribution in [1.82, 2.24) is 9.80 Å². The topological polar surface area (TPSA) is 15.7 Å². The van der Waals surface area contributed by atoms with Crippen molar-refractivity contribution in [3.8, 4) is 0 Å². The van der Waals surface area contributed by atoms with Crippen LogP contribution in [0.2, 0.25) is 0 Å². The summed E-state index contributed by atoms with van der Waals surface area (Å²) in [6.45, 7) is 8.75. The van der Waals surface area contributed by atoms with Crippen LogP contribution in [0.4, 0.5) is 8.78 Å². The summed E-state index contributed by atoms with van der Waals surface area (Å²) in [5.74, 6) is -0.554. The highest BCUT2D eigenvalue weighted by Gasteiger charge is 2.26. The lowest BCUT2D eigenvalue weighted by Gasteiger charge is -2.31. The number of rotatable bonds is 8. The first-order chi connectivity index (χ1) is 11.8. The van der Waals surface area contributed by atoms with Crippen molar-refractivity contribution < 1.29 is 13.5 Å². The summed E-state index contributed by atoms with van der Waals surface area (Å²) < 4.78 is 27.4. The van der Waals surface area contributed by atoms with E-state index in [9.17, 15) is 8.78 Å². The lowest BCUT2D eigenvalue weighted by atomic mass is 9.96. The van der Waals surface area contributed by atoms with Gasteiger partial charge in [-0.25, -0.2) is 8.78 Å². The molecule has 0 saturated heterocycles. The van der Waals surface area contributed by atoms with Gasteiger partial charge in [0.05, 0.1) is 5.88 Å². The number of ether oxygens (including phenoxy) is 1. The summed E-state index contributed by atoms with van der Waals surface area (Å²) in [6.07, 6.45) is 6.78. The Bertz CT molecular complexity index is 413. The molecule has 0 aromatic heterocycles. The Balaban J connectivity index is 0.000000381. The van der Waals surface area contributed by atoms with Crippen LogP contribution in [0.15, 0.2) is 10.6 Å². The van der Waals surface area contributed by atoms with Crippen molar-refractivity contribution in [3.63, 3.8) is 0 Å². The van der Waals surface area contributed by atoms with Crippen molar-refractivity contribution in [2.75, 3.05) is 46.3 Å². The monoisotopic (exact) mass is 378 g/mol. The van der Waals surface area contributed by atoms with Crippen molar-refractivity contribution >= 4 is 11.8 Å². The molecule has 1 atom stereocenters. The lowest BCUT2D eigenvalue weighted by Crippen LogP contribution is -2.35. The smallest absolute Gasteiger partial charge is 0.268 e. The fraction of sp³-hybridized carbons (Fsp3) is 0.895. The van der Waals surface area contributed by atoms with Gasteiger partial charge in [0, 0.05) is 44.8 Å². The molecule has 2 aliphatic rings. The molecule has 0 fully saturated rings. The van der Waals surface area contributed by atoms with Gasteiger partial charge >= 0.3 is 0 Å². The Morgan fingerprint density at radius 2 is 2.00 bits per heavy atom. The maximum Gasteiger partial charge on any atom is 0.268 e. The Morgan fingerprint density at radius 1 is 1.28 bits per heavy atom. The summed E-state index contributed by atoms with van der Waals surface area (Å²) in [4.78, 5) is 6.77. The van der Waals surface area contributed by atoms with E-state index < -0.39 is 12.5 Å². The fourth-order valence-electron chi connectivity index (χ4n) is 3.29. The number of hydrogen-bond donors (Lipinski definition) is 0. The van der Waals surface area contributed by atoms with Crippen molar-refractivity contribution in [2.24, 2.45) is 5.92 Å². The molecule has 0 bridgehead atoms. The van der Waals surface area contributed by atoms with E-state index in [0.29, 0.717) is 0 Å². The highest BCUT2D eigenvalue weighted by Crippen LogP contribution is 2.36. The zero-order valence-electron chi connectivity index (χ0n) is 16.6. The maximum absolute atomic E-state index is 11.6. The number of hydrogen-bond acceptors (Lipinski definition) is 4. The maximum atomic E-state index is 11.6. The van der Waals surface area contributed by atoms with Crippen molar-refractivity contribution in [3.05, 3.63) is 10.6 Å². The molecule has 3 nitrogen and oxygen atoms in total. The van der Waals surface area contributed by atoms with E-state index in [0.717, 1.165) is 12.8 Å². The predicted molar refractivity (Wildman–Crippen MR) is 104 cm³/mol. The zero-order valence-corrected chi connectivity index (χ0v) is 17.4. The van der Waals surface area contributed by atoms with E-state index in [4.69, 9.17) is 0 Å². The highest BCUT2D eigenvalue weighted by atomic mass is 32.2. The third kappa shape index (κ3) is 8.74. The molecule has 0 saturated carbocycles. The molecule has 2 heterocycles. The largest absolute Gasteiger partial charge is 0.378 e. The molecule has 0 unspecified atom stereocenters. The summed E-state index contributed by atoms with van der Waals surface area (Å²) >= 11 is 2.05. The molecular weight excluding hydrogens is 342 g/mol. The van der Waals surface area contributed by atoms with Crippen LogP contribution >= 0.6 is 11.8 Å². The van der Waals surface area contributed by atoms with E-state index in [1.165, 1.54) is 64.7 Å². The van der Waals surface area contributed by atoms with Gasteiger partial charge in [0.2, 0.25) is 0 Å². The standard InChI is InChI=1S/C15H28N2S.C4H8F2O/c1-4-6-13(5-2)7-9-17-10-8-15-14(11-17)16(3)12-18-15;1-4(5,6)3-7-2/h13H,4-12H2,1-3H3;3H2,1-2H3/t13-;/m1./s1. The summed E-state index contributed by atoms with van der Waals surface area (Å²) in [5, 5.41) is 0. The van der Waals surface area contributed by atoms with E-state index in [2.05, 4.69) is 47.2 Å². The van der Waals surface area contributed by atoms with Gasteiger partial charge in [-0.1, -0.05) is 33.1 Å². The van der Waals surface area contributed by atoms with Crippen LogP contribution in [-0.2, 0) is 4.74 Å². The first-order valence-electron chi connectivity index (χ1n) is 9.45. The van der Waals surface area contributed by atoms with Crippen molar-refractivity contribution in [1.29, 1.82) is 0 Å². The van der Waals surface area contributed by atoms with Crippen LogP contribution in [0.3, 0.4) is 0 Å². The third-order valence-corrected chi connectivity index (χ3v) is 6.07. The molecule has 148 valence electrons. The number of halogens is 2. The lowest BCUT2D eigenvalue weighted by molar-refractivity contribution is -0.0479. The predicted octanol–water partition coefficient (Wildman–Crippen LogP) is 5.04. The van der Waals surface area contributed by atoms with E-state index >= 15 is 0 Å². The number of alkyl halides is 2.